The third-order valence-corrected chi connectivity index (χ3v) is 3.11. The van der Waals surface area contributed by atoms with E-state index >= 15 is 0 Å². The quantitative estimate of drug-likeness (QED) is 0.784. The smallest absolute Gasteiger partial charge is 0.203 e. The molecule has 0 aromatic carbocycles. The number of aromatic nitrogens is 2. The van der Waals surface area contributed by atoms with Crippen LogP contribution in [0.3, 0.4) is 0 Å². The molecule has 1 N–H and O–H groups in total. The van der Waals surface area contributed by atoms with Gasteiger partial charge in [-0.05, 0) is 47.8 Å². The first kappa shape index (κ1) is 16.0. The van der Waals surface area contributed by atoms with Crippen LogP contribution in [-0.4, -0.2) is 54.8 Å². The molecule has 110 valence electrons. The molecule has 1 heterocycles. The van der Waals surface area contributed by atoms with Crippen LogP contribution in [0.1, 0.15) is 32.0 Å². The molecule has 0 fully saturated rings. The average molecular weight is 268 g/mol. The Morgan fingerprint density at radius 3 is 2.68 bits per heavy atom. The minimum atomic E-state index is 0.256. The van der Waals surface area contributed by atoms with Crippen LogP contribution >= 0.6 is 0 Å². The minimum Gasteiger partial charge on any atom is -0.383 e. The van der Waals surface area contributed by atoms with Crippen LogP contribution in [0, 0.1) is 6.92 Å². The van der Waals surface area contributed by atoms with E-state index in [1.807, 2.05) is 6.92 Å². The molecule has 0 bridgehead atoms. The van der Waals surface area contributed by atoms with Gasteiger partial charge < -0.3 is 19.5 Å². The Labute approximate surface area is 117 Å². The van der Waals surface area contributed by atoms with E-state index in [1.54, 1.807) is 7.11 Å². The largest absolute Gasteiger partial charge is 0.383 e. The molecule has 1 aromatic rings. The van der Waals surface area contributed by atoms with Gasteiger partial charge in [0.05, 0.1) is 12.3 Å². The fraction of sp³-hybridized carbons (Fsp3) is 0.786. The minimum absolute atomic E-state index is 0.256. The van der Waals surface area contributed by atoms with Crippen molar-refractivity contribution in [2.45, 2.75) is 39.3 Å². The molecule has 0 radical (unpaired) electrons. The SMILES string of the molecule is COCC(C)Nc1nc(C)cn1C(C)CCN(C)C. The van der Waals surface area contributed by atoms with Crippen molar-refractivity contribution in [2.24, 2.45) is 0 Å². The Bertz CT molecular complexity index is 376. The number of hydrogen-bond acceptors (Lipinski definition) is 4. The number of nitrogens with zero attached hydrogens (tertiary/aromatic N) is 3. The maximum absolute atomic E-state index is 5.16. The van der Waals surface area contributed by atoms with Crippen LogP contribution in [-0.2, 0) is 4.74 Å². The summed E-state index contributed by atoms with van der Waals surface area (Å²) in [6, 6.07) is 0.687. The topological polar surface area (TPSA) is 42.3 Å². The lowest BCUT2D eigenvalue weighted by atomic mass is 10.2. The van der Waals surface area contributed by atoms with Crippen LogP contribution in [0.15, 0.2) is 6.20 Å². The van der Waals surface area contributed by atoms with Crippen molar-refractivity contribution < 1.29 is 4.74 Å². The average Bonchev–Trinajstić information content (AvgIpc) is 2.67. The highest BCUT2D eigenvalue weighted by molar-refractivity contribution is 5.30. The Balaban J connectivity index is 2.71. The van der Waals surface area contributed by atoms with Crippen molar-refractivity contribution in [3.05, 3.63) is 11.9 Å². The number of ether oxygens (including phenoxy) is 1. The zero-order valence-electron chi connectivity index (χ0n) is 13.1. The van der Waals surface area contributed by atoms with Crippen LogP contribution in [0.4, 0.5) is 5.95 Å². The van der Waals surface area contributed by atoms with Crippen LogP contribution < -0.4 is 5.32 Å². The number of aryl methyl sites for hydroxylation is 1. The molecule has 2 unspecified atom stereocenters. The second kappa shape index (κ2) is 7.50. The fourth-order valence-corrected chi connectivity index (χ4v) is 2.06. The highest BCUT2D eigenvalue weighted by Gasteiger charge is 2.13. The molecule has 0 aliphatic heterocycles. The van der Waals surface area contributed by atoms with Gasteiger partial charge >= 0.3 is 0 Å². The fourth-order valence-electron chi connectivity index (χ4n) is 2.06. The lowest BCUT2D eigenvalue weighted by molar-refractivity contribution is 0.190. The first-order valence-electron chi connectivity index (χ1n) is 6.89. The van der Waals surface area contributed by atoms with Crippen molar-refractivity contribution in [3.8, 4) is 0 Å². The molecule has 19 heavy (non-hydrogen) atoms. The summed E-state index contributed by atoms with van der Waals surface area (Å²) in [5.74, 6) is 0.938. The maximum Gasteiger partial charge on any atom is 0.203 e. The second-order valence-electron chi connectivity index (χ2n) is 5.55. The van der Waals surface area contributed by atoms with Gasteiger partial charge in [0.25, 0.3) is 0 Å². The van der Waals surface area contributed by atoms with Crippen molar-refractivity contribution in [1.82, 2.24) is 14.5 Å². The van der Waals surface area contributed by atoms with Gasteiger partial charge in [-0.15, -0.1) is 0 Å². The number of nitrogens with one attached hydrogen (secondary N) is 1. The van der Waals surface area contributed by atoms with Gasteiger partial charge in [-0.3, -0.25) is 0 Å². The van der Waals surface area contributed by atoms with E-state index in [0.717, 1.165) is 24.6 Å². The van der Waals surface area contributed by atoms with E-state index in [9.17, 15) is 0 Å². The Hall–Kier alpha value is -1.07. The summed E-state index contributed by atoms with van der Waals surface area (Å²) in [5, 5.41) is 3.41. The van der Waals surface area contributed by atoms with Crippen molar-refractivity contribution in [2.75, 3.05) is 39.7 Å². The predicted octanol–water partition coefficient (Wildman–Crippen LogP) is 2.15. The van der Waals surface area contributed by atoms with Crippen LogP contribution in [0.5, 0.6) is 0 Å². The van der Waals surface area contributed by atoms with Gasteiger partial charge in [0.1, 0.15) is 0 Å². The summed E-state index contributed by atoms with van der Waals surface area (Å²) >= 11 is 0. The first-order chi connectivity index (χ1) is 8.93. The molecule has 0 saturated carbocycles. The zero-order chi connectivity index (χ0) is 14.4. The first-order valence-corrected chi connectivity index (χ1v) is 6.89. The molecule has 0 amide bonds. The molecular formula is C14H28N4O. The van der Waals surface area contributed by atoms with E-state index in [2.05, 4.69) is 53.9 Å². The molecule has 1 aromatic heterocycles. The standard InChI is InChI=1S/C14H28N4O/c1-11-9-18(13(3)7-8-17(4)5)14(15-11)16-12(2)10-19-6/h9,12-13H,7-8,10H2,1-6H3,(H,15,16). The molecule has 0 spiro atoms. The zero-order valence-corrected chi connectivity index (χ0v) is 13.1. The van der Waals surface area contributed by atoms with Gasteiger partial charge in [-0.2, -0.15) is 0 Å². The van der Waals surface area contributed by atoms with E-state index in [-0.39, 0.29) is 6.04 Å². The van der Waals surface area contributed by atoms with Gasteiger partial charge in [-0.1, -0.05) is 0 Å². The number of hydrogen-bond donors (Lipinski definition) is 1. The molecule has 2 atom stereocenters. The summed E-state index contributed by atoms with van der Waals surface area (Å²) in [4.78, 5) is 6.77. The Kier molecular flexibility index (Phi) is 6.31. The van der Waals surface area contributed by atoms with Crippen LogP contribution in [0.25, 0.3) is 0 Å². The predicted molar refractivity (Wildman–Crippen MR) is 79.8 cm³/mol. The van der Waals surface area contributed by atoms with Gasteiger partial charge in [0, 0.05) is 25.4 Å². The summed E-state index contributed by atoms with van der Waals surface area (Å²) < 4.78 is 7.38. The highest BCUT2D eigenvalue weighted by Crippen LogP contribution is 2.19. The lowest BCUT2D eigenvalue weighted by Gasteiger charge is -2.21. The van der Waals surface area contributed by atoms with Gasteiger partial charge in [-0.25, -0.2) is 4.98 Å². The second-order valence-corrected chi connectivity index (χ2v) is 5.55. The maximum atomic E-state index is 5.16. The summed E-state index contributed by atoms with van der Waals surface area (Å²) in [6.45, 7) is 8.11. The molecule has 1 rings (SSSR count). The van der Waals surface area contributed by atoms with Gasteiger partial charge in [0.15, 0.2) is 0 Å². The molecule has 5 nitrogen and oxygen atoms in total. The van der Waals surface area contributed by atoms with Crippen molar-refractivity contribution in [3.63, 3.8) is 0 Å². The highest BCUT2D eigenvalue weighted by atomic mass is 16.5. The molecule has 0 aliphatic carbocycles. The van der Waals surface area contributed by atoms with E-state index in [4.69, 9.17) is 4.74 Å². The van der Waals surface area contributed by atoms with E-state index in [0.29, 0.717) is 12.6 Å². The summed E-state index contributed by atoms with van der Waals surface area (Å²) in [5.41, 5.74) is 1.05. The lowest BCUT2D eigenvalue weighted by Crippen LogP contribution is -2.24. The monoisotopic (exact) mass is 268 g/mol. The third-order valence-electron chi connectivity index (χ3n) is 3.11. The molecule has 0 aliphatic rings. The number of imidazole rings is 1. The van der Waals surface area contributed by atoms with Crippen molar-refractivity contribution >= 4 is 5.95 Å². The normalized spacial score (nSPS) is 14.7. The molecule has 5 heteroatoms. The number of rotatable bonds is 8. The molecular weight excluding hydrogens is 240 g/mol. The van der Waals surface area contributed by atoms with Crippen LogP contribution in [0.2, 0.25) is 0 Å². The van der Waals surface area contributed by atoms with E-state index < -0.39 is 0 Å². The summed E-state index contributed by atoms with van der Waals surface area (Å²) in [7, 11) is 5.92. The summed E-state index contributed by atoms with van der Waals surface area (Å²) in [6.07, 6.45) is 3.22. The molecule has 0 saturated heterocycles. The Morgan fingerprint density at radius 2 is 2.11 bits per heavy atom. The number of methoxy groups -OCH3 is 1. The van der Waals surface area contributed by atoms with Crippen molar-refractivity contribution in [1.29, 1.82) is 0 Å². The van der Waals surface area contributed by atoms with E-state index in [1.165, 1.54) is 0 Å². The Morgan fingerprint density at radius 1 is 1.42 bits per heavy atom. The third kappa shape index (κ3) is 5.20. The number of anilines is 1. The van der Waals surface area contributed by atoms with Gasteiger partial charge in [0.2, 0.25) is 5.95 Å².